The first kappa shape index (κ1) is 15.8. The van der Waals surface area contributed by atoms with E-state index in [0.717, 1.165) is 18.5 Å². The average molecular weight is 336 g/mol. The summed E-state index contributed by atoms with van der Waals surface area (Å²) in [4.78, 5) is 15.1. The number of nitrogens with zero attached hydrogens (tertiary/aromatic N) is 4. The van der Waals surface area contributed by atoms with Crippen LogP contribution in [-0.2, 0) is 11.2 Å². The van der Waals surface area contributed by atoms with Crippen LogP contribution in [0.5, 0.6) is 0 Å². The van der Waals surface area contributed by atoms with Crippen LogP contribution in [0.3, 0.4) is 0 Å². The van der Waals surface area contributed by atoms with Crippen LogP contribution >= 0.6 is 0 Å². The molecule has 1 aromatic carbocycles. The van der Waals surface area contributed by atoms with Gasteiger partial charge in [-0.15, -0.1) is 10.2 Å². The van der Waals surface area contributed by atoms with Crippen LogP contribution in [0.2, 0.25) is 0 Å². The van der Waals surface area contributed by atoms with E-state index in [1.807, 2.05) is 35.2 Å². The number of fused-ring (bicyclic) bond motifs is 1. The van der Waals surface area contributed by atoms with Crippen LogP contribution in [-0.4, -0.2) is 51.2 Å². The normalized spacial score (nSPS) is 17.0. The zero-order valence-corrected chi connectivity index (χ0v) is 13.9. The van der Waals surface area contributed by atoms with Crippen molar-refractivity contribution in [3.05, 3.63) is 66.1 Å². The second-order valence-electron chi connectivity index (χ2n) is 6.27. The van der Waals surface area contributed by atoms with E-state index in [4.69, 9.17) is 4.74 Å². The fraction of sp³-hybridized carbons (Fsp3) is 0.316. The number of amides is 1. The molecule has 3 aromatic rings. The van der Waals surface area contributed by atoms with E-state index in [2.05, 4.69) is 22.3 Å². The van der Waals surface area contributed by atoms with Gasteiger partial charge in [-0.25, -0.2) is 0 Å². The highest BCUT2D eigenvalue weighted by Crippen LogP contribution is 2.17. The Labute approximate surface area is 146 Å². The van der Waals surface area contributed by atoms with Crippen molar-refractivity contribution >= 4 is 11.6 Å². The van der Waals surface area contributed by atoms with Crippen LogP contribution in [0.15, 0.2) is 55.0 Å². The number of hydrogen-bond donors (Lipinski definition) is 0. The Bertz CT molecular complexity index is 856. The van der Waals surface area contributed by atoms with Gasteiger partial charge in [0.2, 0.25) is 0 Å². The van der Waals surface area contributed by atoms with Crippen LogP contribution in [0.4, 0.5) is 0 Å². The number of ether oxygens (including phenoxy) is 1. The summed E-state index contributed by atoms with van der Waals surface area (Å²) in [6, 6.07) is 14.0. The van der Waals surface area contributed by atoms with E-state index < -0.39 is 0 Å². The molecule has 128 valence electrons. The minimum Gasteiger partial charge on any atom is -0.379 e. The van der Waals surface area contributed by atoms with Gasteiger partial charge >= 0.3 is 0 Å². The number of carbonyl (C=O) groups is 1. The van der Waals surface area contributed by atoms with Crippen molar-refractivity contribution in [1.29, 1.82) is 0 Å². The third kappa shape index (κ3) is 3.39. The Hall–Kier alpha value is -2.73. The summed E-state index contributed by atoms with van der Waals surface area (Å²) in [5.41, 5.74) is 2.61. The van der Waals surface area contributed by atoms with Crippen LogP contribution in [0.25, 0.3) is 5.65 Å². The molecular weight excluding hydrogens is 316 g/mol. The fourth-order valence-electron chi connectivity index (χ4n) is 3.23. The van der Waals surface area contributed by atoms with E-state index in [0.29, 0.717) is 25.3 Å². The summed E-state index contributed by atoms with van der Waals surface area (Å²) in [6.07, 6.45) is 5.12. The molecule has 2 aromatic heterocycles. The summed E-state index contributed by atoms with van der Waals surface area (Å²) in [6.45, 7) is 2.00. The lowest BCUT2D eigenvalue weighted by atomic mass is 10.1. The molecule has 0 N–H and O–H groups in total. The highest BCUT2D eigenvalue weighted by atomic mass is 16.5. The van der Waals surface area contributed by atoms with Gasteiger partial charge in [0, 0.05) is 19.3 Å². The van der Waals surface area contributed by atoms with Crippen molar-refractivity contribution in [2.24, 2.45) is 0 Å². The van der Waals surface area contributed by atoms with Crippen LogP contribution < -0.4 is 0 Å². The highest BCUT2D eigenvalue weighted by molar-refractivity contribution is 5.94. The Morgan fingerprint density at radius 2 is 2.12 bits per heavy atom. The molecule has 6 heteroatoms. The number of pyridine rings is 1. The maximum Gasteiger partial charge on any atom is 0.255 e. The molecule has 1 amide bonds. The van der Waals surface area contributed by atoms with Crippen molar-refractivity contribution in [3.8, 4) is 0 Å². The van der Waals surface area contributed by atoms with E-state index in [9.17, 15) is 4.79 Å². The lowest BCUT2D eigenvalue weighted by molar-refractivity contribution is 0.0656. The van der Waals surface area contributed by atoms with Crippen LogP contribution in [0, 0.1) is 0 Å². The Morgan fingerprint density at radius 1 is 1.24 bits per heavy atom. The smallest absolute Gasteiger partial charge is 0.255 e. The molecule has 3 heterocycles. The monoisotopic (exact) mass is 336 g/mol. The summed E-state index contributed by atoms with van der Waals surface area (Å²) in [7, 11) is 0. The SMILES string of the molecule is O=C(c1ccc2nncn2c1)N(CCc1ccccc1)C1CCOC1. The van der Waals surface area contributed by atoms with Gasteiger partial charge in [0.15, 0.2) is 5.65 Å². The topological polar surface area (TPSA) is 59.7 Å². The molecule has 0 aliphatic carbocycles. The van der Waals surface area contributed by atoms with Gasteiger partial charge in [-0.05, 0) is 30.5 Å². The number of carbonyl (C=O) groups excluding carboxylic acids is 1. The number of hydrogen-bond acceptors (Lipinski definition) is 4. The summed E-state index contributed by atoms with van der Waals surface area (Å²) < 4.78 is 7.29. The third-order valence-electron chi connectivity index (χ3n) is 4.63. The van der Waals surface area contributed by atoms with E-state index in [1.54, 1.807) is 16.9 Å². The first-order valence-electron chi connectivity index (χ1n) is 8.53. The van der Waals surface area contributed by atoms with Gasteiger partial charge in [0.25, 0.3) is 5.91 Å². The number of rotatable bonds is 5. The standard InChI is InChI=1S/C19H20N4O2/c24-19(16-6-7-18-21-20-14-22(18)12-16)23(17-9-11-25-13-17)10-8-15-4-2-1-3-5-15/h1-7,12,14,17H,8-11,13H2. The molecule has 1 aliphatic rings. The van der Waals surface area contributed by atoms with E-state index >= 15 is 0 Å². The van der Waals surface area contributed by atoms with Gasteiger partial charge in [-0.3, -0.25) is 9.20 Å². The highest BCUT2D eigenvalue weighted by Gasteiger charge is 2.28. The largest absolute Gasteiger partial charge is 0.379 e. The second-order valence-corrected chi connectivity index (χ2v) is 6.27. The second kappa shape index (κ2) is 7.03. The molecule has 1 atom stereocenters. The Kier molecular flexibility index (Phi) is 4.43. The molecule has 1 unspecified atom stereocenters. The molecule has 4 rings (SSSR count). The fourth-order valence-corrected chi connectivity index (χ4v) is 3.23. The van der Waals surface area contributed by atoms with Crippen molar-refractivity contribution in [2.75, 3.05) is 19.8 Å². The predicted octanol–water partition coefficient (Wildman–Crippen LogP) is 2.20. The quantitative estimate of drug-likeness (QED) is 0.717. The average Bonchev–Trinajstić information content (AvgIpc) is 3.34. The molecule has 0 spiro atoms. The van der Waals surface area contributed by atoms with Gasteiger partial charge < -0.3 is 9.64 Å². The Morgan fingerprint density at radius 3 is 2.92 bits per heavy atom. The van der Waals surface area contributed by atoms with Crippen molar-refractivity contribution in [1.82, 2.24) is 19.5 Å². The molecule has 1 saturated heterocycles. The van der Waals surface area contributed by atoms with E-state index in [1.165, 1.54) is 5.56 Å². The molecular formula is C19H20N4O2. The van der Waals surface area contributed by atoms with Gasteiger partial charge in [-0.2, -0.15) is 0 Å². The molecule has 0 saturated carbocycles. The van der Waals surface area contributed by atoms with Crippen molar-refractivity contribution in [3.63, 3.8) is 0 Å². The van der Waals surface area contributed by atoms with Gasteiger partial charge in [0.05, 0.1) is 18.2 Å². The Balaban J connectivity index is 1.56. The lowest BCUT2D eigenvalue weighted by Crippen LogP contribution is -2.42. The lowest BCUT2D eigenvalue weighted by Gasteiger charge is -2.28. The summed E-state index contributed by atoms with van der Waals surface area (Å²) in [5.74, 6) is 0.0297. The predicted molar refractivity (Wildman–Crippen MR) is 93.4 cm³/mol. The number of aromatic nitrogens is 3. The molecule has 1 fully saturated rings. The van der Waals surface area contributed by atoms with Crippen LogP contribution in [0.1, 0.15) is 22.3 Å². The van der Waals surface area contributed by atoms with Crippen molar-refractivity contribution in [2.45, 2.75) is 18.9 Å². The molecule has 6 nitrogen and oxygen atoms in total. The summed E-state index contributed by atoms with van der Waals surface area (Å²) in [5, 5.41) is 7.85. The molecule has 0 radical (unpaired) electrons. The molecule has 25 heavy (non-hydrogen) atoms. The first-order chi connectivity index (χ1) is 12.3. The summed E-state index contributed by atoms with van der Waals surface area (Å²) >= 11 is 0. The first-order valence-corrected chi connectivity index (χ1v) is 8.53. The minimum absolute atomic E-state index is 0.0297. The maximum atomic E-state index is 13.1. The minimum atomic E-state index is 0.0297. The van der Waals surface area contributed by atoms with Crippen molar-refractivity contribution < 1.29 is 9.53 Å². The van der Waals surface area contributed by atoms with E-state index in [-0.39, 0.29) is 11.9 Å². The molecule has 0 bridgehead atoms. The molecule has 1 aliphatic heterocycles. The third-order valence-corrected chi connectivity index (χ3v) is 4.63. The zero-order valence-electron chi connectivity index (χ0n) is 13.9. The zero-order chi connectivity index (χ0) is 17.1. The van der Waals surface area contributed by atoms with Gasteiger partial charge in [-0.1, -0.05) is 30.3 Å². The maximum absolute atomic E-state index is 13.1. The number of benzene rings is 1. The van der Waals surface area contributed by atoms with Gasteiger partial charge in [0.1, 0.15) is 6.33 Å².